The Balaban J connectivity index is 1.82. The molecule has 0 radical (unpaired) electrons. The molecular weight excluding hydrogens is 392 g/mol. The lowest BCUT2D eigenvalue weighted by Crippen LogP contribution is -2.50. The average molecular weight is 409 g/mol. The number of ether oxygens (including phenoxy) is 1. The molecule has 22 heavy (non-hydrogen) atoms. The molecule has 0 N–H and O–H groups in total. The first-order valence-electron chi connectivity index (χ1n) is 7.14. The molecule has 3 heterocycles. The smallest absolute Gasteiger partial charge is 0.253 e. The average Bonchev–Trinajstić information content (AvgIpc) is 3.16. The maximum absolute atomic E-state index is 12.8. The minimum atomic E-state index is -3.61. The predicted molar refractivity (Wildman–Crippen MR) is 86.3 cm³/mol. The monoisotopic (exact) mass is 408 g/mol. The maximum atomic E-state index is 12.8. The summed E-state index contributed by atoms with van der Waals surface area (Å²) in [7, 11) is -3.61. The summed E-state index contributed by atoms with van der Waals surface area (Å²) in [4.78, 5) is 14.4. The van der Waals surface area contributed by atoms with Crippen LogP contribution in [0.3, 0.4) is 0 Å². The summed E-state index contributed by atoms with van der Waals surface area (Å²) >= 11 is 4.46. The van der Waals surface area contributed by atoms with Gasteiger partial charge in [-0.2, -0.15) is 4.31 Å². The summed E-state index contributed by atoms with van der Waals surface area (Å²) in [6.45, 7) is 2.51. The Morgan fingerprint density at radius 2 is 2.00 bits per heavy atom. The van der Waals surface area contributed by atoms with Crippen LogP contribution in [0.25, 0.3) is 0 Å². The zero-order valence-corrected chi connectivity index (χ0v) is 15.1. The van der Waals surface area contributed by atoms with Crippen molar-refractivity contribution in [3.63, 3.8) is 0 Å². The zero-order chi connectivity index (χ0) is 15.7. The number of nitrogens with zero attached hydrogens (tertiary/aromatic N) is 2. The third-order valence-electron chi connectivity index (χ3n) is 3.92. The van der Waals surface area contributed by atoms with Crippen molar-refractivity contribution >= 4 is 43.2 Å². The van der Waals surface area contributed by atoms with E-state index in [-0.39, 0.29) is 10.1 Å². The minimum absolute atomic E-state index is 0.0972. The second kappa shape index (κ2) is 6.56. The highest BCUT2D eigenvalue weighted by atomic mass is 79.9. The van der Waals surface area contributed by atoms with Crippen molar-refractivity contribution in [1.82, 2.24) is 9.21 Å². The summed E-state index contributed by atoms with van der Waals surface area (Å²) in [5.41, 5.74) is 0. The number of hydrogen-bond donors (Lipinski definition) is 0. The fourth-order valence-electron chi connectivity index (χ4n) is 2.82. The first-order chi connectivity index (χ1) is 10.5. The van der Waals surface area contributed by atoms with Gasteiger partial charge < -0.3 is 9.64 Å². The van der Waals surface area contributed by atoms with E-state index < -0.39 is 16.1 Å². The lowest BCUT2D eigenvalue weighted by molar-refractivity contribution is -0.138. The second-order valence-electron chi connectivity index (χ2n) is 5.27. The molecule has 2 aliphatic heterocycles. The number of halogens is 1. The minimum Gasteiger partial charge on any atom is -0.378 e. The summed E-state index contributed by atoms with van der Waals surface area (Å²) < 4.78 is 33.2. The summed E-state index contributed by atoms with van der Waals surface area (Å²) in [5, 5.41) is 0. The van der Waals surface area contributed by atoms with Gasteiger partial charge in [0.25, 0.3) is 10.0 Å². The third kappa shape index (κ3) is 3.09. The molecule has 2 saturated heterocycles. The molecule has 9 heteroatoms. The SMILES string of the molecule is O=C(C1CCCN1S(=O)(=O)c1ccc(Br)s1)N1CCOCC1. The molecule has 0 bridgehead atoms. The van der Waals surface area contributed by atoms with E-state index >= 15 is 0 Å². The quantitative estimate of drug-likeness (QED) is 0.760. The molecule has 0 aromatic carbocycles. The summed E-state index contributed by atoms with van der Waals surface area (Å²) in [6, 6.07) is 2.72. The summed E-state index contributed by atoms with van der Waals surface area (Å²) in [6.07, 6.45) is 1.30. The topological polar surface area (TPSA) is 66.9 Å². The predicted octanol–water partition coefficient (Wildman–Crippen LogP) is 1.52. The first kappa shape index (κ1) is 16.4. The number of carbonyl (C=O) groups excluding carboxylic acids is 1. The normalized spacial score (nSPS) is 23.9. The van der Waals surface area contributed by atoms with Gasteiger partial charge >= 0.3 is 0 Å². The van der Waals surface area contributed by atoms with E-state index in [1.165, 1.54) is 15.6 Å². The summed E-state index contributed by atoms with van der Waals surface area (Å²) in [5.74, 6) is -0.0972. The van der Waals surface area contributed by atoms with E-state index in [2.05, 4.69) is 15.9 Å². The Hall–Kier alpha value is -0.480. The fraction of sp³-hybridized carbons (Fsp3) is 0.615. The molecule has 1 unspecified atom stereocenters. The third-order valence-corrected chi connectivity index (χ3v) is 7.92. The molecule has 122 valence electrons. The number of rotatable bonds is 3. The molecule has 2 fully saturated rings. The maximum Gasteiger partial charge on any atom is 0.253 e. The van der Waals surface area contributed by atoms with Crippen molar-refractivity contribution in [3.8, 4) is 0 Å². The van der Waals surface area contributed by atoms with Gasteiger partial charge in [-0.1, -0.05) is 0 Å². The zero-order valence-electron chi connectivity index (χ0n) is 11.9. The van der Waals surface area contributed by atoms with E-state index in [1.54, 1.807) is 17.0 Å². The van der Waals surface area contributed by atoms with Crippen LogP contribution in [0.5, 0.6) is 0 Å². The highest BCUT2D eigenvalue weighted by Crippen LogP contribution is 2.32. The van der Waals surface area contributed by atoms with Gasteiger partial charge in [0.1, 0.15) is 10.3 Å². The van der Waals surface area contributed by atoms with Gasteiger partial charge in [0, 0.05) is 19.6 Å². The van der Waals surface area contributed by atoms with E-state index in [0.29, 0.717) is 45.7 Å². The second-order valence-corrected chi connectivity index (χ2v) is 9.85. The number of morpholine rings is 1. The molecule has 1 amide bonds. The Labute approximate surface area is 142 Å². The van der Waals surface area contributed by atoms with Gasteiger partial charge in [0.15, 0.2) is 0 Å². The molecule has 0 spiro atoms. The number of carbonyl (C=O) groups is 1. The van der Waals surface area contributed by atoms with Crippen LogP contribution >= 0.6 is 27.3 Å². The van der Waals surface area contributed by atoms with E-state index in [1.807, 2.05) is 0 Å². The van der Waals surface area contributed by atoms with Gasteiger partial charge in [-0.05, 0) is 40.9 Å². The molecule has 1 aromatic rings. The molecule has 0 aliphatic carbocycles. The van der Waals surface area contributed by atoms with Crippen LogP contribution in [-0.4, -0.2) is 62.4 Å². The van der Waals surface area contributed by atoms with Gasteiger partial charge in [0.2, 0.25) is 5.91 Å². The highest BCUT2D eigenvalue weighted by molar-refractivity contribution is 9.11. The van der Waals surface area contributed by atoms with Crippen molar-refractivity contribution in [2.24, 2.45) is 0 Å². The Bertz CT molecular complexity index is 655. The van der Waals surface area contributed by atoms with Crippen LogP contribution in [0.2, 0.25) is 0 Å². The largest absolute Gasteiger partial charge is 0.378 e. The molecule has 3 rings (SSSR count). The van der Waals surface area contributed by atoms with Crippen LogP contribution in [-0.2, 0) is 19.6 Å². The van der Waals surface area contributed by atoms with Gasteiger partial charge in [-0.3, -0.25) is 4.79 Å². The van der Waals surface area contributed by atoms with Crippen LogP contribution in [0.15, 0.2) is 20.1 Å². The van der Waals surface area contributed by atoms with Crippen LogP contribution < -0.4 is 0 Å². The number of hydrogen-bond acceptors (Lipinski definition) is 5. The van der Waals surface area contributed by atoms with E-state index in [0.717, 1.165) is 3.79 Å². The molecule has 2 aliphatic rings. The Morgan fingerprint density at radius 3 is 2.64 bits per heavy atom. The van der Waals surface area contributed by atoms with Crippen molar-refractivity contribution in [2.45, 2.75) is 23.1 Å². The molecule has 1 atom stereocenters. The highest BCUT2D eigenvalue weighted by Gasteiger charge is 2.41. The van der Waals surface area contributed by atoms with Crippen LogP contribution in [0.4, 0.5) is 0 Å². The molecule has 0 saturated carbocycles. The Kier molecular flexibility index (Phi) is 4.89. The van der Waals surface area contributed by atoms with E-state index in [4.69, 9.17) is 4.74 Å². The molecule has 6 nitrogen and oxygen atoms in total. The lowest BCUT2D eigenvalue weighted by Gasteiger charge is -2.31. The van der Waals surface area contributed by atoms with Gasteiger partial charge in [-0.15, -0.1) is 11.3 Å². The first-order valence-corrected chi connectivity index (χ1v) is 10.2. The van der Waals surface area contributed by atoms with E-state index in [9.17, 15) is 13.2 Å². The molecular formula is C13H17BrN2O4S2. The molecule has 1 aromatic heterocycles. The van der Waals surface area contributed by atoms with Crippen molar-refractivity contribution < 1.29 is 17.9 Å². The van der Waals surface area contributed by atoms with Crippen LogP contribution in [0.1, 0.15) is 12.8 Å². The number of thiophene rings is 1. The van der Waals surface area contributed by atoms with Crippen molar-refractivity contribution in [2.75, 3.05) is 32.8 Å². The van der Waals surface area contributed by atoms with Crippen molar-refractivity contribution in [1.29, 1.82) is 0 Å². The fourth-order valence-corrected chi connectivity index (χ4v) is 6.61. The lowest BCUT2D eigenvalue weighted by atomic mass is 10.2. The Morgan fingerprint density at radius 1 is 1.27 bits per heavy atom. The van der Waals surface area contributed by atoms with Gasteiger partial charge in [0.05, 0.1) is 17.0 Å². The van der Waals surface area contributed by atoms with Gasteiger partial charge in [-0.25, -0.2) is 8.42 Å². The van der Waals surface area contributed by atoms with Crippen LogP contribution in [0, 0.1) is 0 Å². The standard InChI is InChI=1S/C13H17BrN2O4S2/c14-11-3-4-12(21-11)22(18,19)16-5-1-2-10(16)13(17)15-6-8-20-9-7-15/h3-4,10H,1-2,5-9H2. The van der Waals surface area contributed by atoms with Crippen molar-refractivity contribution in [3.05, 3.63) is 15.9 Å². The number of sulfonamides is 1. The number of amides is 1.